The van der Waals surface area contributed by atoms with Crippen molar-refractivity contribution in [2.45, 2.75) is 25.8 Å². The molecule has 0 aliphatic heterocycles. The second kappa shape index (κ2) is 3.37. The predicted molar refractivity (Wildman–Crippen MR) is 63.5 cm³/mol. The molecule has 0 radical (unpaired) electrons. The number of rotatable bonds is 2. The number of para-hydroxylation sites is 1. The Bertz CT molecular complexity index is 552. The molecule has 0 bridgehead atoms. The number of nitrogens with one attached hydrogen (secondary N) is 2. The lowest BCUT2D eigenvalue weighted by atomic mass is 10.1. The van der Waals surface area contributed by atoms with Crippen LogP contribution in [0.1, 0.15) is 28.9 Å². The van der Waals surface area contributed by atoms with Crippen LogP contribution < -0.4 is 5.32 Å². The average Bonchev–Trinajstić information content (AvgIpc) is 2.98. The van der Waals surface area contributed by atoms with Crippen molar-refractivity contribution in [2.24, 2.45) is 0 Å². The van der Waals surface area contributed by atoms with Gasteiger partial charge in [-0.25, -0.2) is 0 Å². The molecule has 1 aliphatic carbocycles. The molecule has 3 nitrogen and oxygen atoms in total. The van der Waals surface area contributed by atoms with Gasteiger partial charge in [0.2, 0.25) is 0 Å². The fraction of sp³-hybridized carbons (Fsp3) is 0.308. The minimum Gasteiger partial charge on any atom is -0.358 e. The number of fused-ring (bicyclic) bond motifs is 1. The fourth-order valence-electron chi connectivity index (χ4n) is 2.05. The number of H-pyrrole nitrogens is 1. The Labute approximate surface area is 93.9 Å². The van der Waals surface area contributed by atoms with Crippen molar-refractivity contribution in [2.75, 3.05) is 0 Å². The maximum Gasteiger partial charge on any atom is 0.253 e. The summed E-state index contributed by atoms with van der Waals surface area (Å²) in [5, 5.41) is 4.04. The first kappa shape index (κ1) is 9.46. The Morgan fingerprint density at radius 2 is 2.12 bits per heavy atom. The zero-order valence-corrected chi connectivity index (χ0v) is 9.21. The first-order valence-corrected chi connectivity index (χ1v) is 5.64. The number of amides is 1. The van der Waals surface area contributed by atoms with E-state index in [1.54, 1.807) is 0 Å². The summed E-state index contributed by atoms with van der Waals surface area (Å²) in [5.74, 6) is 0.0532. The molecule has 0 spiro atoms. The average molecular weight is 214 g/mol. The molecule has 16 heavy (non-hydrogen) atoms. The van der Waals surface area contributed by atoms with E-state index < -0.39 is 0 Å². The fourth-order valence-corrected chi connectivity index (χ4v) is 2.05. The second-order valence-electron chi connectivity index (χ2n) is 4.42. The Kier molecular flexibility index (Phi) is 1.99. The highest BCUT2D eigenvalue weighted by molar-refractivity contribution is 6.08. The summed E-state index contributed by atoms with van der Waals surface area (Å²) >= 11 is 0. The summed E-state index contributed by atoms with van der Waals surface area (Å²) in [6.07, 6.45) is 2.24. The molecule has 82 valence electrons. The van der Waals surface area contributed by atoms with Gasteiger partial charge in [0.1, 0.15) is 0 Å². The maximum absolute atomic E-state index is 12.1. The molecule has 3 rings (SSSR count). The van der Waals surface area contributed by atoms with E-state index in [9.17, 15) is 4.79 Å². The summed E-state index contributed by atoms with van der Waals surface area (Å²) in [6, 6.07) is 8.32. The van der Waals surface area contributed by atoms with Gasteiger partial charge in [0.15, 0.2) is 0 Å². The third kappa shape index (κ3) is 1.48. The minimum atomic E-state index is 0.0532. The molecule has 1 aromatic carbocycles. The Balaban J connectivity index is 2.06. The van der Waals surface area contributed by atoms with E-state index in [0.717, 1.165) is 35.0 Å². The van der Waals surface area contributed by atoms with E-state index in [1.165, 1.54) is 0 Å². The van der Waals surface area contributed by atoms with Gasteiger partial charge in [-0.2, -0.15) is 0 Å². The molecule has 1 heterocycles. The highest BCUT2D eigenvalue weighted by Crippen LogP contribution is 2.24. The van der Waals surface area contributed by atoms with Crippen LogP contribution >= 0.6 is 0 Å². The van der Waals surface area contributed by atoms with Crippen LogP contribution in [0.3, 0.4) is 0 Å². The van der Waals surface area contributed by atoms with Crippen molar-refractivity contribution >= 4 is 16.8 Å². The Hall–Kier alpha value is -1.77. The molecule has 0 unspecified atom stereocenters. The first-order chi connectivity index (χ1) is 7.75. The lowest BCUT2D eigenvalue weighted by molar-refractivity contribution is 0.0952. The number of aromatic amines is 1. The summed E-state index contributed by atoms with van der Waals surface area (Å²) in [4.78, 5) is 15.3. The second-order valence-corrected chi connectivity index (χ2v) is 4.42. The number of aromatic nitrogens is 1. The van der Waals surface area contributed by atoms with Gasteiger partial charge in [-0.3, -0.25) is 4.79 Å². The quantitative estimate of drug-likeness (QED) is 0.792. The molecule has 1 aromatic heterocycles. The van der Waals surface area contributed by atoms with Gasteiger partial charge in [-0.1, -0.05) is 18.2 Å². The first-order valence-electron chi connectivity index (χ1n) is 5.64. The van der Waals surface area contributed by atoms with Crippen molar-refractivity contribution in [3.05, 3.63) is 35.5 Å². The van der Waals surface area contributed by atoms with Crippen molar-refractivity contribution in [1.82, 2.24) is 10.3 Å². The third-order valence-corrected chi connectivity index (χ3v) is 3.03. The Morgan fingerprint density at radius 3 is 2.88 bits per heavy atom. The van der Waals surface area contributed by atoms with Crippen LogP contribution in [0.4, 0.5) is 0 Å². The highest BCUT2D eigenvalue weighted by atomic mass is 16.1. The van der Waals surface area contributed by atoms with Gasteiger partial charge in [0.25, 0.3) is 5.91 Å². The van der Waals surface area contributed by atoms with E-state index in [4.69, 9.17) is 0 Å². The highest BCUT2D eigenvalue weighted by Gasteiger charge is 2.25. The van der Waals surface area contributed by atoms with E-state index in [0.29, 0.717) is 6.04 Å². The van der Waals surface area contributed by atoms with E-state index in [-0.39, 0.29) is 5.91 Å². The van der Waals surface area contributed by atoms with Crippen molar-refractivity contribution < 1.29 is 4.79 Å². The largest absolute Gasteiger partial charge is 0.358 e. The summed E-state index contributed by atoms with van der Waals surface area (Å²) < 4.78 is 0. The normalized spacial score (nSPS) is 15.3. The third-order valence-electron chi connectivity index (χ3n) is 3.03. The van der Waals surface area contributed by atoms with Gasteiger partial charge in [0.05, 0.1) is 5.56 Å². The van der Waals surface area contributed by atoms with Gasteiger partial charge in [-0.05, 0) is 25.8 Å². The lowest BCUT2D eigenvalue weighted by Crippen LogP contribution is -2.25. The van der Waals surface area contributed by atoms with E-state index >= 15 is 0 Å². The van der Waals surface area contributed by atoms with Crippen LogP contribution in [0.15, 0.2) is 24.3 Å². The van der Waals surface area contributed by atoms with Crippen molar-refractivity contribution in [3.8, 4) is 0 Å². The van der Waals surface area contributed by atoms with Crippen LogP contribution in [-0.4, -0.2) is 16.9 Å². The molecule has 1 saturated carbocycles. The number of aryl methyl sites for hydroxylation is 1. The molecule has 0 atom stereocenters. The van der Waals surface area contributed by atoms with Crippen LogP contribution in [0.25, 0.3) is 10.9 Å². The van der Waals surface area contributed by atoms with Gasteiger partial charge < -0.3 is 10.3 Å². The molecule has 0 saturated heterocycles. The standard InChI is InChI=1S/C13H14N2O/c1-8-12(13(16)15-9-6-7-9)10-4-2-3-5-11(10)14-8/h2-5,9,14H,6-7H2,1H3,(H,15,16). The number of hydrogen-bond acceptors (Lipinski definition) is 1. The molecule has 1 fully saturated rings. The molecular formula is C13H14N2O. The van der Waals surface area contributed by atoms with Gasteiger partial charge >= 0.3 is 0 Å². The number of benzene rings is 1. The SMILES string of the molecule is Cc1[nH]c2ccccc2c1C(=O)NC1CC1. The van der Waals surface area contributed by atoms with Crippen LogP contribution in [0.5, 0.6) is 0 Å². The van der Waals surface area contributed by atoms with E-state index in [2.05, 4.69) is 10.3 Å². The monoisotopic (exact) mass is 214 g/mol. The van der Waals surface area contributed by atoms with E-state index in [1.807, 2.05) is 31.2 Å². The molecule has 2 N–H and O–H groups in total. The van der Waals surface area contributed by atoms with Crippen LogP contribution in [-0.2, 0) is 0 Å². The molecule has 1 aliphatic rings. The summed E-state index contributed by atoms with van der Waals surface area (Å²) in [6.45, 7) is 1.95. The Morgan fingerprint density at radius 1 is 1.38 bits per heavy atom. The molecule has 3 heteroatoms. The van der Waals surface area contributed by atoms with Crippen LogP contribution in [0, 0.1) is 6.92 Å². The predicted octanol–water partition coefficient (Wildman–Crippen LogP) is 2.37. The molecule has 1 amide bonds. The summed E-state index contributed by atoms with van der Waals surface area (Å²) in [7, 11) is 0. The number of carbonyl (C=O) groups excluding carboxylic acids is 1. The zero-order valence-electron chi connectivity index (χ0n) is 9.21. The smallest absolute Gasteiger partial charge is 0.253 e. The molecule has 2 aromatic rings. The van der Waals surface area contributed by atoms with Gasteiger partial charge in [-0.15, -0.1) is 0 Å². The lowest BCUT2D eigenvalue weighted by Gasteiger charge is -2.02. The van der Waals surface area contributed by atoms with Crippen molar-refractivity contribution in [1.29, 1.82) is 0 Å². The van der Waals surface area contributed by atoms with Crippen LogP contribution in [0.2, 0.25) is 0 Å². The van der Waals surface area contributed by atoms with Gasteiger partial charge in [0, 0.05) is 22.6 Å². The molecular weight excluding hydrogens is 200 g/mol. The zero-order chi connectivity index (χ0) is 11.1. The van der Waals surface area contributed by atoms with Crippen molar-refractivity contribution in [3.63, 3.8) is 0 Å². The minimum absolute atomic E-state index is 0.0532. The topological polar surface area (TPSA) is 44.9 Å². The maximum atomic E-state index is 12.1. The number of carbonyl (C=O) groups is 1. The summed E-state index contributed by atoms with van der Waals surface area (Å²) in [5.41, 5.74) is 2.77. The number of hydrogen-bond donors (Lipinski definition) is 2.